The molecule has 1 unspecified atom stereocenters. The summed E-state index contributed by atoms with van der Waals surface area (Å²) in [5.74, 6) is 0.0908. The number of amides is 2. The van der Waals surface area contributed by atoms with Gasteiger partial charge >= 0.3 is 6.09 Å². The Bertz CT molecular complexity index is 1330. The lowest BCUT2D eigenvalue weighted by Gasteiger charge is -2.43. The molecule has 1 aliphatic carbocycles. The standard InChI is InChI=1S/C30H33N3O5/c1-29(2,3)38-28(35)33-30(15-8-16-30)21-13-11-20(12-14-21)25-22(19-9-6-5-7-10-19)17-23-27(32-25)37-24(18-36-4)26(34)31-23/h5-7,9-14,17,24H,8,15-16,18H2,1-4H3,(H,31,34)(H,33,35). The summed E-state index contributed by atoms with van der Waals surface area (Å²) in [6, 6.07) is 19.9. The average molecular weight is 516 g/mol. The molecule has 2 N–H and O–H groups in total. The van der Waals surface area contributed by atoms with Crippen LogP contribution < -0.4 is 15.4 Å². The van der Waals surface area contributed by atoms with E-state index in [9.17, 15) is 9.59 Å². The SMILES string of the molecule is COCC1Oc2nc(-c3ccc(C4(NC(=O)OC(C)(C)C)CCC4)cc3)c(-c3ccccc3)cc2NC1=O. The lowest BCUT2D eigenvalue weighted by atomic mass is 9.71. The predicted molar refractivity (Wildman–Crippen MR) is 145 cm³/mol. The minimum absolute atomic E-state index is 0.129. The highest BCUT2D eigenvalue weighted by atomic mass is 16.6. The van der Waals surface area contributed by atoms with Crippen molar-refractivity contribution in [2.45, 2.75) is 57.3 Å². The molecule has 3 aromatic rings. The molecule has 2 aromatic carbocycles. The predicted octanol–water partition coefficient (Wildman–Crippen LogP) is 5.67. The van der Waals surface area contributed by atoms with Gasteiger partial charge in [0.05, 0.1) is 17.8 Å². The Hall–Kier alpha value is -3.91. The second-order valence-corrected chi connectivity index (χ2v) is 10.8. The average Bonchev–Trinajstić information content (AvgIpc) is 2.86. The number of rotatable bonds is 6. The number of hydrogen-bond donors (Lipinski definition) is 2. The van der Waals surface area contributed by atoms with Gasteiger partial charge in [0.25, 0.3) is 5.91 Å². The molecule has 0 saturated heterocycles. The van der Waals surface area contributed by atoms with Crippen molar-refractivity contribution in [2.24, 2.45) is 0 Å². The number of benzene rings is 2. The van der Waals surface area contributed by atoms with Gasteiger partial charge in [0, 0.05) is 18.2 Å². The first-order valence-electron chi connectivity index (χ1n) is 12.9. The number of nitrogens with zero attached hydrogens (tertiary/aromatic N) is 1. The second-order valence-electron chi connectivity index (χ2n) is 10.8. The van der Waals surface area contributed by atoms with E-state index in [0.29, 0.717) is 11.6 Å². The number of ether oxygens (including phenoxy) is 3. The number of alkyl carbamates (subject to hydrolysis) is 1. The minimum Gasteiger partial charge on any atom is -0.460 e. The maximum Gasteiger partial charge on any atom is 0.408 e. The molecule has 2 aliphatic rings. The molecule has 1 atom stereocenters. The first kappa shape index (κ1) is 25.7. The largest absolute Gasteiger partial charge is 0.460 e. The Kier molecular flexibility index (Phi) is 6.84. The van der Waals surface area contributed by atoms with E-state index >= 15 is 0 Å². The highest BCUT2D eigenvalue weighted by Crippen LogP contribution is 2.43. The number of hydrogen-bond acceptors (Lipinski definition) is 6. The summed E-state index contributed by atoms with van der Waals surface area (Å²) >= 11 is 0. The summed E-state index contributed by atoms with van der Waals surface area (Å²) in [5, 5.41) is 6.02. The second kappa shape index (κ2) is 10.1. The van der Waals surface area contributed by atoms with E-state index in [1.165, 1.54) is 7.11 Å². The summed E-state index contributed by atoms with van der Waals surface area (Å²) in [4.78, 5) is 29.9. The zero-order chi connectivity index (χ0) is 26.9. The van der Waals surface area contributed by atoms with Crippen molar-refractivity contribution in [3.05, 3.63) is 66.2 Å². The number of carbonyl (C=O) groups is 2. The highest BCUT2D eigenvalue weighted by Gasteiger charge is 2.41. The molecule has 0 bridgehead atoms. The Morgan fingerprint density at radius 1 is 1.11 bits per heavy atom. The number of carbonyl (C=O) groups excluding carboxylic acids is 2. The van der Waals surface area contributed by atoms with Gasteiger partial charge in [-0.1, -0.05) is 54.6 Å². The van der Waals surface area contributed by atoms with Crippen LogP contribution in [0.25, 0.3) is 22.4 Å². The van der Waals surface area contributed by atoms with Crippen molar-refractivity contribution in [3.8, 4) is 28.3 Å². The summed E-state index contributed by atoms with van der Waals surface area (Å²) in [6.07, 6.45) is 1.57. The van der Waals surface area contributed by atoms with Gasteiger partial charge in [-0.2, -0.15) is 0 Å². The van der Waals surface area contributed by atoms with Crippen LogP contribution in [0.2, 0.25) is 0 Å². The van der Waals surface area contributed by atoms with E-state index in [1.54, 1.807) is 0 Å². The molecular formula is C30H33N3O5. The van der Waals surface area contributed by atoms with E-state index in [-0.39, 0.29) is 12.5 Å². The zero-order valence-corrected chi connectivity index (χ0v) is 22.2. The summed E-state index contributed by atoms with van der Waals surface area (Å²) in [6.45, 7) is 5.70. The normalized spacial score (nSPS) is 17.9. The van der Waals surface area contributed by atoms with E-state index in [2.05, 4.69) is 10.6 Å². The number of methoxy groups -OCH3 is 1. The van der Waals surface area contributed by atoms with Gasteiger partial charge in [0.15, 0.2) is 0 Å². The molecule has 2 heterocycles. The third kappa shape index (κ3) is 5.22. The third-order valence-electron chi connectivity index (χ3n) is 6.85. The number of pyridine rings is 1. The lowest BCUT2D eigenvalue weighted by molar-refractivity contribution is -0.125. The van der Waals surface area contributed by atoms with Crippen LogP contribution in [-0.4, -0.2) is 42.4 Å². The van der Waals surface area contributed by atoms with Crippen molar-refractivity contribution >= 4 is 17.7 Å². The van der Waals surface area contributed by atoms with Crippen LogP contribution in [0, 0.1) is 0 Å². The van der Waals surface area contributed by atoms with Gasteiger partial charge < -0.3 is 24.8 Å². The molecule has 1 saturated carbocycles. The molecule has 1 aliphatic heterocycles. The van der Waals surface area contributed by atoms with Crippen molar-refractivity contribution < 1.29 is 23.8 Å². The molecule has 8 nitrogen and oxygen atoms in total. The van der Waals surface area contributed by atoms with Crippen LogP contribution in [0.3, 0.4) is 0 Å². The molecule has 0 spiro atoms. The van der Waals surface area contributed by atoms with E-state index in [4.69, 9.17) is 19.2 Å². The summed E-state index contributed by atoms with van der Waals surface area (Å²) in [7, 11) is 1.53. The smallest absolute Gasteiger partial charge is 0.408 e. The molecule has 2 amide bonds. The van der Waals surface area contributed by atoms with Crippen LogP contribution in [-0.2, 0) is 19.8 Å². The molecule has 198 valence electrons. The Morgan fingerprint density at radius 3 is 2.42 bits per heavy atom. The van der Waals surface area contributed by atoms with Crippen molar-refractivity contribution in [3.63, 3.8) is 0 Å². The first-order chi connectivity index (χ1) is 18.2. The fourth-order valence-electron chi connectivity index (χ4n) is 4.86. The minimum atomic E-state index is -0.768. The van der Waals surface area contributed by atoms with Gasteiger partial charge in [-0.15, -0.1) is 0 Å². The third-order valence-corrected chi connectivity index (χ3v) is 6.85. The maximum absolute atomic E-state index is 12.6. The monoisotopic (exact) mass is 515 g/mol. The Morgan fingerprint density at radius 2 is 1.82 bits per heavy atom. The van der Waals surface area contributed by atoms with Crippen LogP contribution in [0.5, 0.6) is 5.88 Å². The number of aromatic nitrogens is 1. The molecule has 38 heavy (non-hydrogen) atoms. The Balaban J connectivity index is 1.50. The summed E-state index contributed by atoms with van der Waals surface area (Å²) < 4.78 is 16.6. The maximum atomic E-state index is 12.6. The molecule has 1 fully saturated rings. The highest BCUT2D eigenvalue weighted by molar-refractivity contribution is 5.99. The lowest BCUT2D eigenvalue weighted by Crippen LogP contribution is -2.52. The quantitative estimate of drug-likeness (QED) is 0.439. The molecule has 5 rings (SSSR count). The van der Waals surface area contributed by atoms with Crippen molar-refractivity contribution in [2.75, 3.05) is 19.0 Å². The summed E-state index contributed by atoms with van der Waals surface area (Å²) in [5.41, 5.74) is 4.02. The fraction of sp³-hybridized carbons (Fsp3) is 0.367. The zero-order valence-electron chi connectivity index (χ0n) is 22.2. The molecule has 8 heteroatoms. The molecule has 0 radical (unpaired) electrons. The van der Waals surface area contributed by atoms with Gasteiger partial charge in [-0.05, 0) is 57.2 Å². The van der Waals surface area contributed by atoms with Crippen LogP contribution in [0.4, 0.5) is 10.5 Å². The van der Waals surface area contributed by atoms with Crippen molar-refractivity contribution in [1.29, 1.82) is 0 Å². The number of nitrogens with one attached hydrogen (secondary N) is 2. The first-order valence-corrected chi connectivity index (χ1v) is 12.9. The Labute approximate surface area is 222 Å². The van der Waals surface area contributed by atoms with Gasteiger partial charge in [-0.25, -0.2) is 9.78 Å². The molecule has 1 aromatic heterocycles. The number of anilines is 1. The van der Waals surface area contributed by atoms with E-state index in [0.717, 1.165) is 47.2 Å². The topological polar surface area (TPSA) is 98.8 Å². The van der Waals surface area contributed by atoms with Gasteiger partial charge in [-0.3, -0.25) is 4.79 Å². The van der Waals surface area contributed by atoms with Gasteiger partial charge in [0.2, 0.25) is 12.0 Å². The van der Waals surface area contributed by atoms with Gasteiger partial charge in [0.1, 0.15) is 11.3 Å². The van der Waals surface area contributed by atoms with Crippen LogP contribution in [0.15, 0.2) is 60.7 Å². The fourth-order valence-corrected chi connectivity index (χ4v) is 4.86. The van der Waals surface area contributed by atoms with Crippen LogP contribution >= 0.6 is 0 Å². The molecular weight excluding hydrogens is 482 g/mol. The van der Waals surface area contributed by atoms with Crippen LogP contribution in [0.1, 0.15) is 45.6 Å². The van der Waals surface area contributed by atoms with E-state index < -0.39 is 23.3 Å². The number of fused-ring (bicyclic) bond motifs is 1. The van der Waals surface area contributed by atoms with Crippen molar-refractivity contribution in [1.82, 2.24) is 10.3 Å². The van der Waals surface area contributed by atoms with E-state index in [1.807, 2.05) is 81.4 Å².